The molecule has 0 aliphatic heterocycles. The molecule has 0 spiro atoms. The summed E-state index contributed by atoms with van der Waals surface area (Å²) in [6.07, 6.45) is 5.82. The first-order valence-electron chi connectivity index (χ1n) is 8.51. The van der Waals surface area contributed by atoms with E-state index in [1.54, 1.807) is 0 Å². The third kappa shape index (κ3) is 2.25. The Hall–Kier alpha value is 0. The molecule has 0 nitrogen and oxygen atoms in total. The summed E-state index contributed by atoms with van der Waals surface area (Å²) in [7, 11) is 0. The molecule has 2 fully saturated rings. The third-order valence-electron chi connectivity index (χ3n) is 6.98. The van der Waals surface area contributed by atoms with E-state index >= 15 is 0 Å². The van der Waals surface area contributed by atoms with Crippen molar-refractivity contribution < 1.29 is 0 Å². The van der Waals surface area contributed by atoms with Crippen LogP contribution in [0.4, 0.5) is 0 Å². The zero-order valence-corrected chi connectivity index (χ0v) is 13.4. The van der Waals surface area contributed by atoms with Gasteiger partial charge in [0.15, 0.2) is 0 Å². The van der Waals surface area contributed by atoms with Gasteiger partial charge < -0.3 is 0 Å². The summed E-state index contributed by atoms with van der Waals surface area (Å²) in [4.78, 5) is 0. The lowest BCUT2D eigenvalue weighted by Gasteiger charge is -2.29. The Morgan fingerprint density at radius 2 is 1.44 bits per heavy atom. The number of rotatable bonds is 4. The lowest BCUT2D eigenvalue weighted by molar-refractivity contribution is 0.198. The largest absolute Gasteiger partial charge is 0.0651 e. The molecule has 2 aliphatic carbocycles. The maximum atomic E-state index is 2.55. The molecule has 8 unspecified atom stereocenters. The molecule has 0 aromatic heterocycles. The summed E-state index contributed by atoms with van der Waals surface area (Å²) in [5, 5.41) is 0. The first kappa shape index (κ1) is 14.4. The second kappa shape index (κ2) is 5.55. The first-order chi connectivity index (χ1) is 8.51. The summed E-state index contributed by atoms with van der Waals surface area (Å²) in [5.74, 6) is 8.01. The lowest BCUT2D eigenvalue weighted by atomic mass is 9.77. The van der Waals surface area contributed by atoms with E-state index in [2.05, 4.69) is 41.5 Å². The summed E-state index contributed by atoms with van der Waals surface area (Å²) in [6.45, 7) is 14.8. The Bertz CT molecular complexity index is 267. The van der Waals surface area contributed by atoms with Gasteiger partial charge in [0.05, 0.1) is 0 Å². The fraction of sp³-hybridized carbons (Fsp3) is 1.00. The molecule has 2 rings (SSSR count). The van der Waals surface area contributed by atoms with Gasteiger partial charge in [0.1, 0.15) is 0 Å². The minimum Gasteiger partial charge on any atom is -0.0651 e. The predicted molar refractivity (Wildman–Crippen MR) is 80.4 cm³/mol. The molecule has 0 amide bonds. The Morgan fingerprint density at radius 1 is 0.889 bits per heavy atom. The van der Waals surface area contributed by atoms with Crippen LogP contribution in [-0.4, -0.2) is 0 Å². The molecule has 0 heterocycles. The summed E-state index contributed by atoms with van der Waals surface area (Å²) in [5.41, 5.74) is 0. The van der Waals surface area contributed by atoms with E-state index in [1.165, 1.54) is 25.7 Å². The standard InChI is InChI=1S/C18H34/c1-7-11(3)15-10-16(12(4)8-2)18-14(6)13(5)9-17(15)18/h11-18H,7-10H2,1-6H3. The average Bonchev–Trinajstić information content (AvgIpc) is 2.87. The normalized spacial score (nSPS) is 47.0. The highest BCUT2D eigenvalue weighted by Crippen LogP contribution is 2.59. The van der Waals surface area contributed by atoms with E-state index < -0.39 is 0 Å². The van der Waals surface area contributed by atoms with Gasteiger partial charge in [-0.15, -0.1) is 0 Å². The van der Waals surface area contributed by atoms with Crippen LogP contribution in [0.15, 0.2) is 0 Å². The minimum absolute atomic E-state index is 0.944. The van der Waals surface area contributed by atoms with Crippen molar-refractivity contribution in [2.24, 2.45) is 47.3 Å². The molecular formula is C18H34. The van der Waals surface area contributed by atoms with E-state index in [0.717, 1.165) is 47.3 Å². The molecule has 18 heavy (non-hydrogen) atoms. The zero-order chi connectivity index (χ0) is 13.4. The molecule has 0 radical (unpaired) electrons. The molecule has 0 saturated heterocycles. The van der Waals surface area contributed by atoms with Crippen LogP contribution in [0.5, 0.6) is 0 Å². The fourth-order valence-electron chi connectivity index (χ4n) is 5.26. The Kier molecular flexibility index (Phi) is 4.44. The van der Waals surface area contributed by atoms with Gasteiger partial charge in [-0.05, 0) is 60.2 Å². The molecule has 0 N–H and O–H groups in total. The molecule has 0 aromatic carbocycles. The molecule has 2 aliphatic rings. The van der Waals surface area contributed by atoms with Crippen molar-refractivity contribution >= 4 is 0 Å². The second-order valence-corrected chi connectivity index (χ2v) is 7.65. The number of fused-ring (bicyclic) bond motifs is 1. The van der Waals surface area contributed by atoms with E-state index in [9.17, 15) is 0 Å². The zero-order valence-electron chi connectivity index (χ0n) is 13.4. The maximum absolute atomic E-state index is 2.55. The molecule has 0 bridgehead atoms. The van der Waals surface area contributed by atoms with E-state index in [1.807, 2.05) is 0 Å². The van der Waals surface area contributed by atoms with Gasteiger partial charge in [0.2, 0.25) is 0 Å². The summed E-state index contributed by atoms with van der Waals surface area (Å²) in [6, 6.07) is 0. The molecular weight excluding hydrogens is 216 g/mol. The van der Waals surface area contributed by atoms with E-state index in [4.69, 9.17) is 0 Å². The molecule has 2 saturated carbocycles. The topological polar surface area (TPSA) is 0 Å². The van der Waals surface area contributed by atoms with E-state index in [0.29, 0.717) is 0 Å². The Balaban J connectivity index is 2.20. The lowest BCUT2D eigenvalue weighted by Crippen LogP contribution is -2.23. The summed E-state index contributed by atoms with van der Waals surface area (Å²) < 4.78 is 0. The Morgan fingerprint density at radius 3 is 2.00 bits per heavy atom. The monoisotopic (exact) mass is 250 g/mol. The van der Waals surface area contributed by atoms with Gasteiger partial charge >= 0.3 is 0 Å². The van der Waals surface area contributed by atoms with Gasteiger partial charge in [-0.25, -0.2) is 0 Å². The molecule has 8 atom stereocenters. The van der Waals surface area contributed by atoms with Crippen molar-refractivity contribution in [1.82, 2.24) is 0 Å². The summed E-state index contributed by atoms with van der Waals surface area (Å²) >= 11 is 0. The van der Waals surface area contributed by atoms with Gasteiger partial charge in [0, 0.05) is 0 Å². The second-order valence-electron chi connectivity index (χ2n) is 7.65. The molecule has 0 aromatic rings. The maximum Gasteiger partial charge on any atom is -0.0324 e. The molecule has 106 valence electrons. The quantitative estimate of drug-likeness (QED) is 0.607. The third-order valence-corrected chi connectivity index (χ3v) is 6.98. The average molecular weight is 250 g/mol. The highest BCUT2D eigenvalue weighted by atomic mass is 14.6. The van der Waals surface area contributed by atoms with Crippen molar-refractivity contribution in [3.8, 4) is 0 Å². The van der Waals surface area contributed by atoms with Crippen LogP contribution < -0.4 is 0 Å². The highest BCUT2D eigenvalue weighted by molar-refractivity contribution is 5.01. The van der Waals surface area contributed by atoms with Gasteiger partial charge in [-0.2, -0.15) is 0 Å². The van der Waals surface area contributed by atoms with Crippen molar-refractivity contribution in [3.63, 3.8) is 0 Å². The minimum atomic E-state index is 0.944. The number of hydrogen-bond donors (Lipinski definition) is 0. The van der Waals surface area contributed by atoms with Crippen LogP contribution in [0, 0.1) is 47.3 Å². The Labute approximate surface area is 115 Å². The van der Waals surface area contributed by atoms with E-state index in [-0.39, 0.29) is 0 Å². The molecule has 0 heteroatoms. The SMILES string of the molecule is CCC(C)C1CC(C(C)CC)C2C(C)C(C)CC12. The van der Waals surface area contributed by atoms with Gasteiger partial charge in [-0.1, -0.05) is 54.4 Å². The van der Waals surface area contributed by atoms with Crippen LogP contribution in [0.3, 0.4) is 0 Å². The van der Waals surface area contributed by atoms with Gasteiger partial charge in [0.25, 0.3) is 0 Å². The van der Waals surface area contributed by atoms with Crippen molar-refractivity contribution in [3.05, 3.63) is 0 Å². The van der Waals surface area contributed by atoms with Crippen molar-refractivity contribution in [2.45, 2.75) is 67.2 Å². The number of hydrogen-bond acceptors (Lipinski definition) is 0. The van der Waals surface area contributed by atoms with Crippen molar-refractivity contribution in [1.29, 1.82) is 0 Å². The fourth-order valence-corrected chi connectivity index (χ4v) is 5.26. The smallest absolute Gasteiger partial charge is 0.0324 e. The van der Waals surface area contributed by atoms with Crippen LogP contribution >= 0.6 is 0 Å². The van der Waals surface area contributed by atoms with Crippen LogP contribution in [-0.2, 0) is 0 Å². The highest BCUT2D eigenvalue weighted by Gasteiger charge is 2.52. The predicted octanol–water partition coefficient (Wildman–Crippen LogP) is 5.62. The van der Waals surface area contributed by atoms with Gasteiger partial charge in [-0.3, -0.25) is 0 Å². The van der Waals surface area contributed by atoms with Crippen LogP contribution in [0.2, 0.25) is 0 Å². The van der Waals surface area contributed by atoms with Crippen LogP contribution in [0.1, 0.15) is 67.2 Å². The van der Waals surface area contributed by atoms with Crippen LogP contribution in [0.25, 0.3) is 0 Å². The van der Waals surface area contributed by atoms with Crippen molar-refractivity contribution in [2.75, 3.05) is 0 Å². The first-order valence-corrected chi connectivity index (χ1v) is 8.51.